The van der Waals surface area contributed by atoms with Gasteiger partial charge < -0.3 is 29.8 Å². The summed E-state index contributed by atoms with van der Waals surface area (Å²) < 4.78 is 13.4. The number of aryl methyl sites for hydroxylation is 1. The first-order chi connectivity index (χ1) is 15.6. The molecule has 0 spiro atoms. The number of para-hydroxylation sites is 1. The highest BCUT2D eigenvalue weighted by atomic mass is 16.5. The molecule has 9 heteroatoms. The lowest BCUT2D eigenvalue weighted by Crippen LogP contribution is -2.37. The summed E-state index contributed by atoms with van der Waals surface area (Å²) in [5, 5.41) is 16.9. The highest BCUT2D eigenvalue weighted by Gasteiger charge is 2.22. The Morgan fingerprint density at radius 2 is 2.09 bits per heavy atom. The molecule has 3 N–H and O–H groups in total. The maximum Gasteiger partial charge on any atom is 0.229 e. The van der Waals surface area contributed by atoms with Crippen LogP contribution in [0, 0.1) is 6.92 Å². The van der Waals surface area contributed by atoms with Crippen molar-refractivity contribution < 1.29 is 14.6 Å². The van der Waals surface area contributed by atoms with Crippen molar-refractivity contribution in [1.82, 2.24) is 19.5 Å². The summed E-state index contributed by atoms with van der Waals surface area (Å²) in [4.78, 5) is 13.0. The average molecular weight is 430 g/mol. The van der Waals surface area contributed by atoms with Crippen LogP contribution in [-0.2, 0) is 0 Å². The van der Waals surface area contributed by atoms with Gasteiger partial charge in [0.15, 0.2) is 11.6 Å². The molecule has 0 bridgehead atoms. The van der Waals surface area contributed by atoms with Gasteiger partial charge in [0, 0.05) is 18.0 Å². The van der Waals surface area contributed by atoms with Crippen molar-refractivity contribution in [2.24, 2.45) is 0 Å². The molecule has 2 aromatic heterocycles. The van der Waals surface area contributed by atoms with Crippen LogP contribution in [0.5, 0.6) is 17.2 Å². The van der Waals surface area contributed by atoms with Crippen LogP contribution in [-0.4, -0.2) is 43.9 Å². The van der Waals surface area contributed by atoms with E-state index in [1.165, 1.54) is 0 Å². The van der Waals surface area contributed by atoms with Gasteiger partial charge in [0.25, 0.3) is 0 Å². The van der Waals surface area contributed by atoms with Crippen LogP contribution in [0.4, 0.5) is 17.5 Å². The van der Waals surface area contributed by atoms with Crippen molar-refractivity contribution in [3.05, 3.63) is 72.9 Å². The summed E-state index contributed by atoms with van der Waals surface area (Å²) >= 11 is 0. The second kappa shape index (κ2) is 8.46. The van der Waals surface area contributed by atoms with Gasteiger partial charge in [0.1, 0.15) is 24.7 Å². The fourth-order valence-electron chi connectivity index (χ4n) is 3.37. The highest BCUT2D eigenvalue weighted by Crippen LogP contribution is 2.30. The zero-order valence-electron chi connectivity index (χ0n) is 17.4. The lowest BCUT2D eigenvalue weighted by atomic mass is 10.2. The number of anilines is 3. The number of phenolic OH excluding ortho intramolecular Hbond substituents is 1. The molecule has 4 aromatic rings. The number of benzene rings is 2. The maximum absolute atomic E-state index is 10.4. The molecule has 0 unspecified atom stereocenters. The van der Waals surface area contributed by atoms with E-state index in [4.69, 9.17) is 9.47 Å². The van der Waals surface area contributed by atoms with E-state index in [1.807, 2.05) is 49.5 Å². The number of nitrogens with one attached hydrogen (secondary N) is 2. The summed E-state index contributed by atoms with van der Waals surface area (Å²) in [5.74, 6) is 2.48. The highest BCUT2D eigenvalue weighted by molar-refractivity contribution is 5.63. The minimum Gasteiger partial charge on any atom is -0.506 e. The largest absolute Gasteiger partial charge is 0.506 e. The van der Waals surface area contributed by atoms with Crippen molar-refractivity contribution >= 4 is 17.5 Å². The smallest absolute Gasteiger partial charge is 0.229 e. The molecule has 9 nitrogen and oxygen atoms in total. The molecule has 1 aliphatic heterocycles. The zero-order valence-corrected chi connectivity index (χ0v) is 17.4. The molecular formula is C23H22N6O3. The number of hydrogen-bond acceptors (Lipinski definition) is 8. The fraction of sp³-hybridized carbons (Fsp3) is 0.174. The predicted octanol–water partition coefficient (Wildman–Crippen LogP) is 3.67. The van der Waals surface area contributed by atoms with E-state index < -0.39 is 0 Å². The number of aromatic hydroxyl groups is 1. The normalized spacial score (nSPS) is 14.7. The van der Waals surface area contributed by atoms with Gasteiger partial charge in [-0.1, -0.05) is 18.2 Å². The quantitative estimate of drug-likeness (QED) is 0.425. The molecule has 0 fully saturated rings. The molecule has 0 saturated heterocycles. The zero-order chi connectivity index (χ0) is 21.9. The molecule has 0 radical (unpaired) electrons. The number of phenols is 1. The second-order valence-electron chi connectivity index (χ2n) is 7.43. The van der Waals surface area contributed by atoms with Crippen LogP contribution >= 0.6 is 0 Å². The van der Waals surface area contributed by atoms with E-state index >= 15 is 0 Å². The summed E-state index contributed by atoms with van der Waals surface area (Å²) in [7, 11) is 0. The number of hydrogen-bond donors (Lipinski definition) is 3. The maximum atomic E-state index is 10.4. The number of fused-ring (bicyclic) bond motifs is 1. The molecular weight excluding hydrogens is 408 g/mol. The van der Waals surface area contributed by atoms with Gasteiger partial charge in [-0.05, 0) is 31.2 Å². The van der Waals surface area contributed by atoms with Gasteiger partial charge in [-0.25, -0.2) is 9.97 Å². The number of imidazole rings is 1. The average Bonchev–Trinajstić information content (AvgIpc) is 3.24. The first-order valence-electron chi connectivity index (χ1n) is 10.2. The van der Waals surface area contributed by atoms with E-state index in [9.17, 15) is 5.11 Å². The summed E-state index contributed by atoms with van der Waals surface area (Å²) in [6.07, 6.45) is 5.13. The van der Waals surface area contributed by atoms with E-state index in [0.717, 1.165) is 11.4 Å². The third kappa shape index (κ3) is 4.27. The molecule has 5 rings (SSSR count). The Balaban J connectivity index is 1.26. The van der Waals surface area contributed by atoms with Crippen molar-refractivity contribution in [2.45, 2.75) is 13.0 Å². The molecule has 0 aliphatic carbocycles. The summed E-state index contributed by atoms with van der Waals surface area (Å²) in [6, 6.07) is 14.8. The summed E-state index contributed by atoms with van der Waals surface area (Å²) in [6.45, 7) is 2.80. The van der Waals surface area contributed by atoms with Crippen molar-refractivity contribution in [1.29, 1.82) is 0 Å². The molecule has 2 aromatic carbocycles. The minimum absolute atomic E-state index is 0.0487. The molecule has 3 heterocycles. The third-order valence-corrected chi connectivity index (χ3v) is 4.95. The van der Waals surface area contributed by atoms with Gasteiger partial charge in [0.2, 0.25) is 5.95 Å². The van der Waals surface area contributed by atoms with E-state index in [2.05, 4.69) is 25.6 Å². The van der Waals surface area contributed by atoms with Crippen LogP contribution < -0.4 is 20.1 Å². The fourth-order valence-corrected chi connectivity index (χ4v) is 3.37. The van der Waals surface area contributed by atoms with E-state index in [1.54, 1.807) is 29.2 Å². The SMILES string of the molecule is Cc1cn(-c2ccc(Nc3ncc4c(n3)N[C@H](COc3ccccc3)CO4)cc2O)cn1. The Hall–Kier alpha value is -4.27. The van der Waals surface area contributed by atoms with Crippen molar-refractivity contribution in [3.63, 3.8) is 0 Å². The van der Waals surface area contributed by atoms with E-state index in [0.29, 0.717) is 42.1 Å². The molecule has 162 valence electrons. The van der Waals surface area contributed by atoms with Crippen LogP contribution in [0.2, 0.25) is 0 Å². The Morgan fingerprint density at radius 1 is 1.22 bits per heavy atom. The van der Waals surface area contributed by atoms with E-state index in [-0.39, 0.29) is 11.8 Å². The lowest BCUT2D eigenvalue weighted by Gasteiger charge is -2.26. The van der Waals surface area contributed by atoms with Crippen molar-refractivity contribution in [2.75, 3.05) is 23.8 Å². The number of ether oxygens (including phenoxy) is 2. The number of rotatable bonds is 6. The first kappa shape index (κ1) is 19.7. The Kier molecular flexibility index (Phi) is 5.20. The number of aromatic nitrogens is 4. The van der Waals surface area contributed by atoms with Crippen LogP contribution in [0.25, 0.3) is 5.69 Å². The Morgan fingerprint density at radius 3 is 2.88 bits per heavy atom. The Labute approximate surface area is 184 Å². The van der Waals surface area contributed by atoms with Gasteiger partial charge in [-0.2, -0.15) is 4.98 Å². The summed E-state index contributed by atoms with van der Waals surface area (Å²) in [5.41, 5.74) is 2.17. The van der Waals surface area contributed by atoms with Crippen LogP contribution in [0.15, 0.2) is 67.3 Å². The first-order valence-corrected chi connectivity index (χ1v) is 10.2. The second-order valence-corrected chi connectivity index (χ2v) is 7.43. The lowest BCUT2D eigenvalue weighted by molar-refractivity contribution is 0.219. The number of nitrogens with zero attached hydrogens (tertiary/aromatic N) is 4. The third-order valence-electron chi connectivity index (χ3n) is 4.95. The molecule has 32 heavy (non-hydrogen) atoms. The van der Waals surface area contributed by atoms with Gasteiger partial charge in [-0.15, -0.1) is 0 Å². The predicted molar refractivity (Wildman–Crippen MR) is 120 cm³/mol. The molecule has 1 aliphatic rings. The monoisotopic (exact) mass is 430 g/mol. The topological polar surface area (TPSA) is 106 Å². The standard InChI is InChI=1S/C23H22N6O3/c1-15-11-29(14-25-15)19-8-7-16(9-20(19)30)27-23-24-10-21-22(28-23)26-17(13-32-21)12-31-18-5-3-2-4-6-18/h2-11,14,17,30H,12-13H2,1H3,(H2,24,26,27,28)/t17-/m1/s1. The minimum atomic E-state index is -0.0487. The van der Waals surface area contributed by atoms with Gasteiger partial charge in [-0.3, -0.25) is 0 Å². The Bertz CT molecular complexity index is 1230. The van der Waals surface area contributed by atoms with Crippen molar-refractivity contribution in [3.8, 4) is 22.9 Å². The molecule has 0 amide bonds. The molecule has 0 saturated carbocycles. The van der Waals surface area contributed by atoms with Crippen LogP contribution in [0.1, 0.15) is 5.69 Å². The van der Waals surface area contributed by atoms with Gasteiger partial charge >= 0.3 is 0 Å². The molecule has 1 atom stereocenters. The van der Waals surface area contributed by atoms with Gasteiger partial charge in [0.05, 0.1) is 29.9 Å². The van der Waals surface area contributed by atoms with Crippen LogP contribution in [0.3, 0.4) is 0 Å².